The van der Waals surface area contributed by atoms with Crippen LogP contribution < -0.4 is 10.5 Å². The Bertz CT molecular complexity index is 989. The van der Waals surface area contributed by atoms with Crippen molar-refractivity contribution >= 4 is 23.6 Å². The highest BCUT2D eigenvalue weighted by atomic mass is 32.2. The fourth-order valence-electron chi connectivity index (χ4n) is 2.37. The standard InChI is InChI=1S/C19H17N3O5S/c1-25-14-8-4-2-6-12(14)18-21-17(27-22-18)10-26-19(24)13-7-3-5-9-15(13)28-11-16(20)23/h2-9H,10-11H2,1H3,(H2,20,23). The van der Waals surface area contributed by atoms with E-state index in [-0.39, 0.29) is 18.3 Å². The van der Waals surface area contributed by atoms with Crippen molar-refractivity contribution in [3.63, 3.8) is 0 Å². The third-order valence-electron chi connectivity index (χ3n) is 3.62. The lowest BCUT2D eigenvalue weighted by Crippen LogP contribution is -2.14. The number of hydrogen-bond donors (Lipinski definition) is 1. The maximum atomic E-state index is 12.4. The first-order valence-corrected chi connectivity index (χ1v) is 9.20. The summed E-state index contributed by atoms with van der Waals surface area (Å²) in [5, 5.41) is 3.90. The van der Waals surface area contributed by atoms with E-state index in [0.717, 1.165) is 0 Å². The molecule has 0 aliphatic heterocycles. The van der Waals surface area contributed by atoms with E-state index >= 15 is 0 Å². The van der Waals surface area contributed by atoms with Crippen LogP contribution in [0.25, 0.3) is 11.4 Å². The summed E-state index contributed by atoms with van der Waals surface area (Å²) in [6.07, 6.45) is 0. The summed E-state index contributed by atoms with van der Waals surface area (Å²) in [4.78, 5) is 28.2. The monoisotopic (exact) mass is 399 g/mol. The zero-order valence-corrected chi connectivity index (χ0v) is 15.8. The molecule has 2 aromatic carbocycles. The first-order chi connectivity index (χ1) is 13.6. The number of rotatable bonds is 8. The topological polar surface area (TPSA) is 118 Å². The van der Waals surface area contributed by atoms with Gasteiger partial charge in [0.2, 0.25) is 11.7 Å². The smallest absolute Gasteiger partial charge is 0.339 e. The van der Waals surface area contributed by atoms with E-state index < -0.39 is 11.9 Å². The van der Waals surface area contributed by atoms with Gasteiger partial charge >= 0.3 is 5.97 Å². The molecule has 2 N–H and O–H groups in total. The van der Waals surface area contributed by atoms with Crippen LogP contribution in [-0.4, -0.2) is 34.9 Å². The second-order valence-corrected chi connectivity index (χ2v) is 6.56. The Balaban J connectivity index is 1.68. The van der Waals surface area contributed by atoms with Crippen LogP contribution in [0.1, 0.15) is 16.2 Å². The molecule has 1 amide bonds. The molecule has 9 heteroatoms. The van der Waals surface area contributed by atoms with Crippen molar-refractivity contribution in [2.45, 2.75) is 11.5 Å². The predicted molar refractivity (Wildman–Crippen MR) is 102 cm³/mol. The van der Waals surface area contributed by atoms with Gasteiger partial charge in [0.15, 0.2) is 6.61 Å². The van der Waals surface area contributed by atoms with Crippen molar-refractivity contribution in [3.05, 3.63) is 60.0 Å². The van der Waals surface area contributed by atoms with Gasteiger partial charge < -0.3 is 19.7 Å². The summed E-state index contributed by atoms with van der Waals surface area (Å²) in [7, 11) is 1.55. The predicted octanol–water partition coefficient (Wildman–Crippen LogP) is 2.68. The van der Waals surface area contributed by atoms with Gasteiger partial charge in [0.1, 0.15) is 5.75 Å². The number of ether oxygens (including phenoxy) is 2. The molecule has 0 atom stereocenters. The van der Waals surface area contributed by atoms with Gasteiger partial charge in [-0.2, -0.15) is 4.98 Å². The number of carbonyl (C=O) groups excluding carboxylic acids is 2. The van der Waals surface area contributed by atoms with Gasteiger partial charge in [0, 0.05) is 4.90 Å². The summed E-state index contributed by atoms with van der Waals surface area (Å²) in [6, 6.07) is 14.0. The molecule has 144 valence electrons. The van der Waals surface area contributed by atoms with Gasteiger partial charge in [-0.05, 0) is 24.3 Å². The van der Waals surface area contributed by atoms with E-state index in [1.165, 1.54) is 11.8 Å². The third-order valence-corrected chi connectivity index (χ3v) is 4.72. The van der Waals surface area contributed by atoms with Crippen molar-refractivity contribution in [1.29, 1.82) is 0 Å². The Morgan fingerprint density at radius 3 is 2.68 bits per heavy atom. The number of methoxy groups -OCH3 is 1. The molecular formula is C19H17N3O5S. The van der Waals surface area contributed by atoms with E-state index in [4.69, 9.17) is 19.7 Å². The Labute approximate surface area is 165 Å². The molecule has 28 heavy (non-hydrogen) atoms. The molecule has 0 radical (unpaired) electrons. The number of nitrogens with two attached hydrogens (primary N) is 1. The van der Waals surface area contributed by atoms with Crippen LogP contribution >= 0.6 is 11.8 Å². The number of para-hydroxylation sites is 1. The average Bonchev–Trinajstić information content (AvgIpc) is 3.19. The van der Waals surface area contributed by atoms with E-state index in [1.807, 2.05) is 12.1 Å². The highest BCUT2D eigenvalue weighted by molar-refractivity contribution is 8.00. The van der Waals surface area contributed by atoms with Crippen LogP contribution in [0.2, 0.25) is 0 Å². The van der Waals surface area contributed by atoms with Gasteiger partial charge in [-0.1, -0.05) is 29.4 Å². The van der Waals surface area contributed by atoms with Crippen molar-refractivity contribution < 1.29 is 23.6 Å². The van der Waals surface area contributed by atoms with Crippen LogP contribution in [0.15, 0.2) is 57.9 Å². The van der Waals surface area contributed by atoms with E-state index in [1.54, 1.807) is 43.5 Å². The van der Waals surface area contributed by atoms with Gasteiger partial charge in [-0.3, -0.25) is 4.79 Å². The van der Waals surface area contributed by atoms with E-state index in [2.05, 4.69) is 10.1 Å². The number of hydrogen-bond acceptors (Lipinski definition) is 8. The summed E-state index contributed by atoms with van der Waals surface area (Å²) in [6.45, 7) is -0.185. The highest BCUT2D eigenvalue weighted by Crippen LogP contribution is 2.27. The quantitative estimate of drug-likeness (QED) is 0.454. The second-order valence-electron chi connectivity index (χ2n) is 5.54. The largest absolute Gasteiger partial charge is 0.496 e. The SMILES string of the molecule is COc1ccccc1-c1noc(COC(=O)c2ccccc2SCC(N)=O)n1. The molecule has 0 aliphatic rings. The Morgan fingerprint density at radius 2 is 1.89 bits per heavy atom. The summed E-state index contributed by atoms with van der Waals surface area (Å²) in [5.74, 6) is 0.119. The molecule has 8 nitrogen and oxygen atoms in total. The number of primary amides is 1. The fourth-order valence-corrected chi connectivity index (χ4v) is 3.15. The van der Waals surface area contributed by atoms with Gasteiger partial charge in [-0.15, -0.1) is 11.8 Å². The Morgan fingerprint density at radius 1 is 1.14 bits per heavy atom. The van der Waals surface area contributed by atoms with E-state index in [0.29, 0.717) is 27.6 Å². The van der Waals surface area contributed by atoms with Gasteiger partial charge in [0.25, 0.3) is 5.89 Å². The second kappa shape index (κ2) is 9.05. The minimum Gasteiger partial charge on any atom is -0.496 e. The van der Waals surface area contributed by atoms with Crippen LogP contribution in [0.5, 0.6) is 5.75 Å². The molecule has 0 bridgehead atoms. The molecule has 3 aromatic rings. The highest BCUT2D eigenvalue weighted by Gasteiger charge is 2.17. The first-order valence-electron chi connectivity index (χ1n) is 8.21. The minimum absolute atomic E-state index is 0.0657. The molecular weight excluding hydrogens is 382 g/mol. The van der Waals surface area contributed by atoms with Crippen LogP contribution in [0, 0.1) is 0 Å². The number of esters is 1. The molecule has 0 unspecified atom stereocenters. The number of benzene rings is 2. The summed E-state index contributed by atoms with van der Waals surface area (Å²) < 4.78 is 15.7. The lowest BCUT2D eigenvalue weighted by molar-refractivity contribution is -0.115. The summed E-state index contributed by atoms with van der Waals surface area (Å²) >= 11 is 1.17. The average molecular weight is 399 g/mol. The molecule has 0 saturated heterocycles. The van der Waals surface area contributed by atoms with E-state index in [9.17, 15) is 9.59 Å². The lowest BCUT2D eigenvalue weighted by atomic mass is 10.2. The normalized spacial score (nSPS) is 10.5. The minimum atomic E-state index is -0.565. The number of nitrogens with zero attached hydrogens (tertiary/aromatic N) is 2. The molecule has 3 rings (SSSR count). The third kappa shape index (κ3) is 4.68. The van der Waals surface area contributed by atoms with Crippen molar-refractivity contribution in [3.8, 4) is 17.1 Å². The molecule has 0 spiro atoms. The van der Waals surface area contributed by atoms with Crippen LogP contribution in [0.4, 0.5) is 0 Å². The van der Waals surface area contributed by atoms with Crippen LogP contribution in [0.3, 0.4) is 0 Å². The molecule has 0 aliphatic carbocycles. The molecule has 1 heterocycles. The van der Waals surface area contributed by atoms with Crippen molar-refractivity contribution in [2.24, 2.45) is 5.73 Å². The lowest BCUT2D eigenvalue weighted by Gasteiger charge is -2.07. The molecule has 1 aromatic heterocycles. The summed E-state index contributed by atoms with van der Waals surface area (Å²) in [5.41, 5.74) is 6.16. The zero-order chi connectivity index (χ0) is 19.9. The van der Waals surface area contributed by atoms with Crippen molar-refractivity contribution in [2.75, 3.05) is 12.9 Å². The fraction of sp³-hybridized carbons (Fsp3) is 0.158. The zero-order valence-electron chi connectivity index (χ0n) is 15.0. The van der Waals surface area contributed by atoms with Crippen molar-refractivity contribution in [1.82, 2.24) is 10.1 Å². The van der Waals surface area contributed by atoms with Gasteiger partial charge in [0.05, 0.1) is 24.0 Å². The Hall–Kier alpha value is -3.33. The van der Waals surface area contributed by atoms with Gasteiger partial charge in [-0.25, -0.2) is 4.79 Å². The maximum Gasteiger partial charge on any atom is 0.339 e. The number of aromatic nitrogens is 2. The number of carbonyl (C=O) groups is 2. The first kappa shape index (κ1) is 19.4. The molecule has 0 fully saturated rings. The number of thioether (sulfide) groups is 1. The Kier molecular flexibility index (Phi) is 6.28. The maximum absolute atomic E-state index is 12.4. The molecule has 0 saturated carbocycles. The number of amides is 1. The van der Waals surface area contributed by atoms with Crippen LogP contribution in [-0.2, 0) is 16.1 Å².